The minimum Gasteiger partial charge on any atom is -0.496 e. The van der Waals surface area contributed by atoms with Crippen molar-refractivity contribution in [3.05, 3.63) is 63.7 Å². The molecule has 0 aliphatic heterocycles. The van der Waals surface area contributed by atoms with Crippen LogP contribution in [0.15, 0.2) is 30.3 Å². The highest BCUT2D eigenvalue weighted by Crippen LogP contribution is 2.40. The Balaban J connectivity index is 2.02. The van der Waals surface area contributed by atoms with Crippen LogP contribution in [-0.4, -0.2) is 23.8 Å². The Kier molecular flexibility index (Phi) is 3.10. The monoisotopic (exact) mass is 308 g/mol. The molecule has 0 amide bonds. The van der Waals surface area contributed by atoms with E-state index in [1.807, 2.05) is 6.07 Å². The third kappa shape index (κ3) is 1.88. The topological polar surface area (TPSA) is 63.6 Å². The summed E-state index contributed by atoms with van der Waals surface area (Å²) in [7, 11) is 1.49. The van der Waals surface area contributed by atoms with Crippen LogP contribution in [0.2, 0.25) is 0 Å². The molecular weight excluding hydrogens is 292 g/mol. The molecule has 23 heavy (non-hydrogen) atoms. The molecule has 4 rings (SSSR count). The molecule has 116 valence electrons. The first-order valence-electron chi connectivity index (χ1n) is 7.73. The molecule has 0 heterocycles. The zero-order valence-electron chi connectivity index (χ0n) is 12.8. The Labute approximate surface area is 133 Å². The summed E-state index contributed by atoms with van der Waals surface area (Å²) in [4.78, 5) is 25.9. The van der Waals surface area contributed by atoms with E-state index in [1.165, 1.54) is 7.11 Å². The fraction of sp³-hybridized carbons (Fsp3) is 0.263. The van der Waals surface area contributed by atoms with E-state index in [0.29, 0.717) is 40.0 Å². The lowest BCUT2D eigenvalue weighted by Crippen LogP contribution is -2.26. The summed E-state index contributed by atoms with van der Waals surface area (Å²) in [6.45, 7) is 0. The molecule has 1 N–H and O–H groups in total. The van der Waals surface area contributed by atoms with Gasteiger partial charge in [0.25, 0.3) is 0 Å². The maximum absolute atomic E-state index is 13.0. The number of rotatable bonds is 1. The van der Waals surface area contributed by atoms with Crippen molar-refractivity contribution in [3.8, 4) is 5.75 Å². The molecule has 2 aromatic rings. The molecule has 4 nitrogen and oxygen atoms in total. The number of benzene rings is 2. The highest BCUT2D eigenvalue weighted by molar-refractivity contribution is 6.30. The average molecular weight is 308 g/mol. The SMILES string of the molecule is COc1cccc2c1C(=O)c1ccc3c(c1C2=O)C(O)CCC3. The molecule has 0 radical (unpaired) electrons. The van der Waals surface area contributed by atoms with Crippen molar-refractivity contribution in [3.63, 3.8) is 0 Å². The number of aliphatic hydroxyl groups excluding tert-OH is 1. The lowest BCUT2D eigenvalue weighted by atomic mass is 9.76. The molecule has 0 saturated heterocycles. The van der Waals surface area contributed by atoms with Gasteiger partial charge in [-0.1, -0.05) is 18.2 Å². The van der Waals surface area contributed by atoms with Crippen LogP contribution in [0.4, 0.5) is 0 Å². The summed E-state index contributed by atoms with van der Waals surface area (Å²) in [5.74, 6) is -0.0105. The molecule has 2 aliphatic rings. The van der Waals surface area contributed by atoms with E-state index < -0.39 is 6.10 Å². The molecule has 2 aromatic carbocycles. The van der Waals surface area contributed by atoms with Gasteiger partial charge in [-0.3, -0.25) is 9.59 Å². The molecule has 1 atom stereocenters. The van der Waals surface area contributed by atoms with Gasteiger partial charge >= 0.3 is 0 Å². The van der Waals surface area contributed by atoms with Gasteiger partial charge in [0.1, 0.15) is 5.75 Å². The van der Waals surface area contributed by atoms with E-state index in [0.717, 1.165) is 18.4 Å². The Morgan fingerprint density at radius 1 is 1.04 bits per heavy atom. The van der Waals surface area contributed by atoms with Gasteiger partial charge < -0.3 is 9.84 Å². The van der Waals surface area contributed by atoms with Crippen LogP contribution >= 0.6 is 0 Å². The average Bonchev–Trinajstić information content (AvgIpc) is 2.58. The van der Waals surface area contributed by atoms with Crippen LogP contribution in [0.25, 0.3) is 0 Å². The molecule has 0 bridgehead atoms. The smallest absolute Gasteiger partial charge is 0.198 e. The second kappa shape index (κ2) is 5.03. The van der Waals surface area contributed by atoms with Gasteiger partial charge in [0.15, 0.2) is 11.6 Å². The first-order valence-corrected chi connectivity index (χ1v) is 7.73. The number of hydrogen-bond donors (Lipinski definition) is 1. The Morgan fingerprint density at radius 2 is 1.78 bits per heavy atom. The maximum atomic E-state index is 13.0. The molecule has 4 heteroatoms. The van der Waals surface area contributed by atoms with Gasteiger partial charge in [0.05, 0.1) is 18.8 Å². The van der Waals surface area contributed by atoms with Gasteiger partial charge in [-0.2, -0.15) is 0 Å². The van der Waals surface area contributed by atoms with E-state index in [4.69, 9.17) is 4.74 Å². The van der Waals surface area contributed by atoms with E-state index in [1.54, 1.807) is 24.3 Å². The van der Waals surface area contributed by atoms with Gasteiger partial charge in [-0.05, 0) is 42.5 Å². The highest BCUT2D eigenvalue weighted by atomic mass is 16.5. The summed E-state index contributed by atoms with van der Waals surface area (Å²) in [6.07, 6.45) is 1.65. The normalized spacial score (nSPS) is 19.0. The molecule has 0 spiro atoms. The number of fused-ring (bicyclic) bond motifs is 4. The van der Waals surface area contributed by atoms with Crippen LogP contribution in [-0.2, 0) is 6.42 Å². The van der Waals surface area contributed by atoms with Crippen LogP contribution in [0.3, 0.4) is 0 Å². The lowest BCUT2D eigenvalue weighted by molar-refractivity contribution is 0.0968. The second-order valence-electron chi connectivity index (χ2n) is 6.01. The minimum atomic E-state index is -0.683. The zero-order valence-corrected chi connectivity index (χ0v) is 12.8. The third-order valence-corrected chi connectivity index (χ3v) is 4.78. The first-order chi connectivity index (χ1) is 11.1. The molecule has 0 saturated carbocycles. The van der Waals surface area contributed by atoms with Crippen molar-refractivity contribution in [2.75, 3.05) is 7.11 Å². The number of ketones is 2. The zero-order chi connectivity index (χ0) is 16.1. The number of carbonyl (C=O) groups excluding carboxylic acids is 2. The van der Waals surface area contributed by atoms with Crippen LogP contribution in [0.1, 0.15) is 61.9 Å². The Bertz CT molecular complexity index is 851. The van der Waals surface area contributed by atoms with Crippen molar-refractivity contribution < 1.29 is 19.4 Å². The van der Waals surface area contributed by atoms with E-state index in [-0.39, 0.29) is 11.6 Å². The van der Waals surface area contributed by atoms with Crippen molar-refractivity contribution >= 4 is 11.6 Å². The molecule has 0 aromatic heterocycles. The maximum Gasteiger partial charge on any atom is 0.198 e. The van der Waals surface area contributed by atoms with Gasteiger partial charge in [0.2, 0.25) is 0 Å². The summed E-state index contributed by atoms with van der Waals surface area (Å²) in [6, 6.07) is 8.61. The van der Waals surface area contributed by atoms with Gasteiger partial charge in [-0.15, -0.1) is 0 Å². The van der Waals surface area contributed by atoms with E-state index in [9.17, 15) is 14.7 Å². The predicted octanol–water partition coefficient (Wildman–Crippen LogP) is 2.84. The van der Waals surface area contributed by atoms with Crippen molar-refractivity contribution in [1.82, 2.24) is 0 Å². The number of ether oxygens (including phenoxy) is 1. The molecule has 1 unspecified atom stereocenters. The van der Waals surface area contributed by atoms with Gasteiger partial charge in [-0.25, -0.2) is 0 Å². The van der Waals surface area contributed by atoms with Crippen LogP contribution < -0.4 is 4.74 Å². The van der Waals surface area contributed by atoms with Crippen LogP contribution in [0.5, 0.6) is 5.75 Å². The molecule has 2 aliphatic carbocycles. The fourth-order valence-electron chi connectivity index (χ4n) is 3.72. The van der Waals surface area contributed by atoms with E-state index >= 15 is 0 Å². The van der Waals surface area contributed by atoms with Crippen LogP contribution in [0, 0.1) is 0 Å². The number of aliphatic hydroxyl groups is 1. The number of methoxy groups -OCH3 is 1. The Hall–Kier alpha value is -2.46. The van der Waals surface area contributed by atoms with Crippen molar-refractivity contribution in [2.24, 2.45) is 0 Å². The first kappa shape index (κ1) is 14.2. The second-order valence-corrected chi connectivity index (χ2v) is 6.01. The standard InChI is InChI=1S/C19H16O4/c1-23-14-7-3-5-11-16(14)18(21)12-9-8-10-4-2-6-13(20)15(10)17(12)19(11)22/h3,5,7-9,13,20H,2,4,6H2,1H3. The third-order valence-electron chi connectivity index (χ3n) is 4.78. The largest absolute Gasteiger partial charge is 0.496 e. The highest BCUT2D eigenvalue weighted by Gasteiger charge is 2.36. The van der Waals surface area contributed by atoms with Crippen molar-refractivity contribution in [2.45, 2.75) is 25.4 Å². The number of hydrogen-bond acceptors (Lipinski definition) is 4. The summed E-state index contributed by atoms with van der Waals surface area (Å²) < 4.78 is 5.26. The number of carbonyl (C=O) groups is 2. The summed E-state index contributed by atoms with van der Waals surface area (Å²) in [5, 5.41) is 10.4. The minimum absolute atomic E-state index is 0.203. The summed E-state index contributed by atoms with van der Waals surface area (Å²) >= 11 is 0. The molecule has 0 fully saturated rings. The Morgan fingerprint density at radius 3 is 2.57 bits per heavy atom. The predicted molar refractivity (Wildman–Crippen MR) is 84.2 cm³/mol. The van der Waals surface area contributed by atoms with E-state index in [2.05, 4.69) is 0 Å². The van der Waals surface area contributed by atoms with Crippen molar-refractivity contribution in [1.29, 1.82) is 0 Å². The fourth-order valence-corrected chi connectivity index (χ4v) is 3.72. The lowest BCUT2D eigenvalue weighted by Gasteiger charge is -2.28. The number of aryl methyl sites for hydroxylation is 1. The quantitative estimate of drug-likeness (QED) is 0.751. The molecular formula is C19H16O4. The van der Waals surface area contributed by atoms with Gasteiger partial charge in [0, 0.05) is 16.7 Å². The summed E-state index contributed by atoms with van der Waals surface area (Å²) in [5.41, 5.74) is 3.02.